The van der Waals surface area contributed by atoms with Crippen molar-refractivity contribution in [2.45, 2.75) is 26.8 Å². The molecule has 1 amide bonds. The van der Waals surface area contributed by atoms with E-state index in [4.69, 9.17) is 11.6 Å². The number of hydrogen-bond acceptors (Lipinski definition) is 4. The number of amides is 1. The maximum Gasteiger partial charge on any atom is 0.262 e. The van der Waals surface area contributed by atoms with E-state index in [2.05, 4.69) is 15.4 Å². The van der Waals surface area contributed by atoms with Crippen LogP contribution in [0.1, 0.15) is 37.7 Å². The van der Waals surface area contributed by atoms with Gasteiger partial charge in [-0.05, 0) is 43.2 Å². The van der Waals surface area contributed by atoms with Crippen molar-refractivity contribution < 1.29 is 13.6 Å². The number of hydrogen-bond donors (Lipinski definition) is 1. The van der Waals surface area contributed by atoms with Crippen LogP contribution in [-0.4, -0.2) is 20.7 Å². The lowest BCUT2D eigenvalue weighted by Crippen LogP contribution is -2.13. The second kappa shape index (κ2) is 9.18. The highest BCUT2D eigenvalue weighted by Gasteiger charge is 2.22. The van der Waals surface area contributed by atoms with Crippen molar-refractivity contribution in [1.82, 2.24) is 14.8 Å². The maximum atomic E-state index is 14.0. The second-order valence-electron chi connectivity index (χ2n) is 7.29. The summed E-state index contributed by atoms with van der Waals surface area (Å²) in [7, 11) is 0. The van der Waals surface area contributed by atoms with Gasteiger partial charge in [0, 0.05) is 11.3 Å². The van der Waals surface area contributed by atoms with Gasteiger partial charge in [-0.25, -0.2) is 18.4 Å². The van der Waals surface area contributed by atoms with Crippen molar-refractivity contribution in [3.63, 3.8) is 0 Å². The third-order valence-electron chi connectivity index (χ3n) is 4.96. The van der Waals surface area contributed by atoms with Crippen molar-refractivity contribution in [3.05, 3.63) is 98.3 Å². The summed E-state index contributed by atoms with van der Waals surface area (Å²) in [5.74, 6) is -1.03. The number of nitrogens with zero attached hydrogens (tertiary/aromatic N) is 3. The lowest BCUT2D eigenvalue weighted by atomic mass is 10.1. The molecule has 0 saturated heterocycles. The Kier molecular flexibility index (Phi) is 6.34. The van der Waals surface area contributed by atoms with Gasteiger partial charge in [0.25, 0.3) is 5.91 Å². The van der Waals surface area contributed by atoms with Gasteiger partial charge >= 0.3 is 0 Å². The first-order valence-corrected chi connectivity index (χ1v) is 11.0. The molecule has 0 radical (unpaired) electrons. The van der Waals surface area contributed by atoms with Crippen LogP contribution in [0.2, 0.25) is 5.15 Å². The minimum atomic E-state index is -0.427. The number of carbonyl (C=O) groups is 1. The van der Waals surface area contributed by atoms with Gasteiger partial charge in [-0.1, -0.05) is 41.9 Å². The lowest BCUT2D eigenvalue weighted by Gasteiger charge is -2.04. The predicted molar refractivity (Wildman–Crippen MR) is 121 cm³/mol. The van der Waals surface area contributed by atoms with Crippen LogP contribution in [0.15, 0.2) is 48.5 Å². The molecule has 2 aromatic carbocycles. The molecule has 164 valence electrons. The van der Waals surface area contributed by atoms with Crippen molar-refractivity contribution >= 4 is 34.0 Å². The van der Waals surface area contributed by atoms with E-state index in [-0.39, 0.29) is 22.4 Å². The fourth-order valence-corrected chi connectivity index (χ4v) is 4.60. The zero-order chi connectivity index (χ0) is 22.8. The molecule has 0 aliphatic rings. The quantitative estimate of drug-likeness (QED) is 0.387. The van der Waals surface area contributed by atoms with Crippen molar-refractivity contribution in [1.29, 1.82) is 0 Å². The number of nitrogens with one attached hydrogen (secondary N) is 1. The number of aromatic nitrogens is 3. The van der Waals surface area contributed by atoms with E-state index in [1.165, 1.54) is 34.2 Å². The summed E-state index contributed by atoms with van der Waals surface area (Å²) in [6.45, 7) is 3.82. The molecule has 0 spiro atoms. The third-order valence-corrected chi connectivity index (χ3v) is 6.42. The number of carbonyl (C=O) groups excluding carboxylic acids is 1. The van der Waals surface area contributed by atoms with Gasteiger partial charge in [-0.2, -0.15) is 5.10 Å². The van der Waals surface area contributed by atoms with E-state index in [0.717, 1.165) is 16.1 Å². The van der Waals surface area contributed by atoms with E-state index >= 15 is 0 Å². The highest BCUT2D eigenvalue weighted by Crippen LogP contribution is 2.28. The number of thiazole rings is 1. The van der Waals surface area contributed by atoms with Crippen LogP contribution < -0.4 is 5.32 Å². The fourth-order valence-electron chi connectivity index (χ4n) is 3.30. The van der Waals surface area contributed by atoms with Gasteiger partial charge in [0.1, 0.15) is 16.8 Å². The highest BCUT2D eigenvalue weighted by molar-refractivity contribution is 7.15. The average Bonchev–Trinajstić information content (AvgIpc) is 3.23. The summed E-state index contributed by atoms with van der Waals surface area (Å²) < 4.78 is 28.6. The zero-order valence-electron chi connectivity index (χ0n) is 17.3. The molecule has 4 rings (SSSR count). The molecule has 0 unspecified atom stereocenters. The number of halogens is 3. The van der Waals surface area contributed by atoms with Gasteiger partial charge in [0.05, 0.1) is 23.5 Å². The minimum Gasteiger partial charge on any atom is -0.298 e. The highest BCUT2D eigenvalue weighted by atomic mass is 35.5. The summed E-state index contributed by atoms with van der Waals surface area (Å²) in [5.41, 5.74) is 2.81. The largest absolute Gasteiger partial charge is 0.298 e. The van der Waals surface area contributed by atoms with Gasteiger partial charge in [-0.3, -0.25) is 10.1 Å². The zero-order valence-corrected chi connectivity index (χ0v) is 18.9. The molecular formula is C23H19ClF2N4OS. The van der Waals surface area contributed by atoms with Crippen molar-refractivity contribution in [3.8, 4) is 0 Å². The van der Waals surface area contributed by atoms with Crippen LogP contribution in [0.4, 0.5) is 13.9 Å². The molecule has 2 aromatic heterocycles. The normalized spacial score (nSPS) is 11.0. The summed E-state index contributed by atoms with van der Waals surface area (Å²) in [6.07, 6.45) is 0.390. The molecule has 0 atom stereocenters. The molecule has 0 saturated carbocycles. The molecule has 0 aliphatic carbocycles. The average molecular weight is 473 g/mol. The molecule has 32 heavy (non-hydrogen) atoms. The Labute approximate surface area is 192 Å². The first-order chi connectivity index (χ1) is 15.3. The topological polar surface area (TPSA) is 59.8 Å². The standard InChI is InChI=1S/C23H19ClF2N4OS/c1-13-19(11-16-5-3-4-6-18(16)26)32-23(27-13)28-22(31)20-14(2)29-30(21(20)24)12-15-7-9-17(25)10-8-15/h3-10H,11-12H2,1-2H3,(H,27,28,31). The van der Waals surface area contributed by atoms with E-state index in [1.54, 1.807) is 37.3 Å². The van der Waals surface area contributed by atoms with E-state index in [9.17, 15) is 13.6 Å². The minimum absolute atomic E-state index is 0.184. The number of rotatable bonds is 6. The SMILES string of the molecule is Cc1nc(NC(=O)c2c(C)nn(Cc3ccc(F)cc3)c2Cl)sc1Cc1ccccc1F. The summed E-state index contributed by atoms with van der Waals surface area (Å²) >= 11 is 7.73. The Morgan fingerprint density at radius 3 is 2.53 bits per heavy atom. The van der Waals surface area contributed by atoms with Crippen LogP contribution in [0, 0.1) is 25.5 Å². The summed E-state index contributed by atoms with van der Waals surface area (Å²) in [5, 5.41) is 7.71. The lowest BCUT2D eigenvalue weighted by molar-refractivity contribution is 0.102. The Hall–Kier alpha value is -3.10. The Bertz CT molecular complexity index is 1280. The van der Waals surface area contributed by atoms with Crippen LogP contribution in [-0.2, 0) is 13.0 Å². The molecule has 1 N–H and O–H groups in total. The molecule has 5 nitrogen and oxygen atoms in total. The monoisotopic (exact) mass is 472 g/mol. The molecule has 4 aromatic rings. The molecule has 0 aliphatic heterocycles. The summed E-state index contributed by atoms with van der Waals surface area (Å²) in [6, 6.07) is 12.6. The Morgan fingerprint density at radius 2 is 1.81 bits per heavy atom. The summed E-state index contributed by atoms with van der Waals surface area (Å²) in [4.78, 5) is 18.2. The van der Waals surface area contributed by atoms with Crippen LogP contribution >= 0.6 is 22.9 Å². The van der Waals surface area contributed by atoms with Gasteiger partial charge in [0.15, 0.2) is 5.13 Å². The maximum absolute atomic E-state index is 14.0. The Balaban J connectivity index is 1.51. The molecule has 0 bridgehead atoms. The number of benzene rings is 2. The van der Waals surface area contributed by atoms with E-state index in [1.807, 2.05) is 6.92 Å². The van der Waals surface area contributed by atoms with Crippen molar-refractivity contribution in [2.75, 3.05) is 5.32 Å². The number of anilines is 1. The van der Waals surface area contributed by atoms with Gasteiger partial charge < -0.3 is 0 Å². The Morgan fingerprint density at radius 1 is 1.09 bits per heavy atom. The van der Waals surface area contributed by atoms with Crippen molar-refractivity contribution in [2.24, 2.45) is 0 Å². The second-order valence-corrected chi connectivity index (χ2v) is 8.73. The molecule has 2 heterocycles. The third kappa shape index (κ3) is 4.71. The molecule has 9 heteroatoms. The number of aryl methyl sites for hydroxylation is 2. The van der Waals surface area contributed by atoms with E-state index < -0.39 is 5.91 Å². The van der Waals surface area contributed by atoms with Crippen LogP contribution in [0.5, 0.6) is 0 Å². The smallest absolute Gasteiger partial charge is 0.262 e. The van der Waals surface area contributed by atoms with Gasteiger partial charge in [0.2, 0.25) is 0 Å². The van der Waals surface area contributed by atoms with Gasteiger partial charge in [-0.15, -0.1) is 11.3 Å². The molecule has 0 fully saturated rings. The fraction of sp³-hybridized carbons (Fsp3) is 0.174. The van der Waals surface area contributed by atoms with E-state index in [0.29, 0.717) is 29.4 Å². The first kappa shape index (κ1) is 22.1. The van der Waals surface area contributed by atoms with Crippen LogP contribution in [0.3, 0.4) is 0 Å². The first-order valence-electron chi connectivity index (χ1n) is 9.80. The predicted octanol–water partition coefficient (Wildman–Crippen LogP) is 5.78. The van der Waals surface area contributed by atoms with Crippen LogP contribution in [0.25, 0.3) is 0 Å². The molecular weight excluding hydrogens is 454 g/mol.